The van der Waals surface area contributed by atoms with Crippen molar-refractivity contribution in [2.24, 2.45) is 0 Å². The predicted molar refractivity (Wildman–Crippen MR) is 140 cm³/mol. The summed E-state index contributed by atoms with van der Waals surface area (Å²) in [4.78, 5) is 13.1. The molecular weight excluding hydrogens is 448 g/mol. The van der Waals surface area contributed by atoms with E-state index in [1.165, 1.54) is 27.8 Å². The maximum Gasteiger partial charge on any atom is 0.162 e. The van der Waals surface area contributed by atoms with Crippen LogP contribution in [-0.4, -0.2) is 38.0 Å². The molecule has 36 heavy (non-hydrogen) atoms. The summed E-state index contributed by atoms with van der Waals surface area (Å²) in [5.74, 6) is 1.80. The number of hydrogen-bond acceptors (Lipinski definition) is 5. The van der Waals surface area contributed by atoms with Crippen molar-refractivity contribution in [3.8, 4) is 33.6 Å². The van der Waals surface area contributed by atoms with Crippen molar-refractivity contribution in [1.29, 1.82) is 0 Å². The summed E-state index contributed by atoms with van der Waals surface area (Å²) in [7, 11) is 0. The Kier molecular flexibility index (Phi) is 5.40. The summed E-state index contributed by atoms with van der Waals surface area (Å²) in [5.41, 5.74) is 8.98. The Labute approximate surface area is 211 Å². The van der Waals surface area contributed by atoms with Crippen molar-refractivity contribution in [1.82, 2.24) is 30.3 Å². The van der Waals surface area contributed by atoms with E-state index in [1.807, 2.05) is 6.20 Å². The molecule has 184 valence electrons. The first-order valence-corrected chi connectivity index (χ1v) is 13.3. The Morgan fingerprint density at radius 3 is 2.36 bits per heavy atom. The quantitative estimate of drug-likeness (QED) is 0.302. The normalized spacial score (nSPS) is 21.3. The standard InChI is InChI=1S/C29H32N6O/c36-35-26-7-1-4-21-16-20(12-13-22(21)27(26)34-29(35)24-6-3-15-31-24)18-8-10-19(11-9-18)25-17-32-28(33-25)23-5-2-14-30-23/h8-13,16-17,23-24,30-31,36H,1-7,14-15H2,(H,32,33). The molecule has 7 rings (SSSR count). The third-order valence-electron chi connectivity index (χ3n) is 8.08. The van der Waals surface area contributed by atoms with Crippen LogP contribution in [0.15, 0.2) is 48.7 Å². The van der Waals surface area contributed by atoms with Crippen LogP contribution in [0.5, 0.6) is 0 Å². The highest BCUT2D eigenvalue weighted by atomic mass is 16.5. The van der Waals surface area contributed by atoms with Crippen LogP contribution < -0.4 is 10.6 Å². The maximum atomic E-state index is 10.9. The van der Waals surface area contributed by atoms with Gasteiger partial charge in [0.2, 0.25) is 0 Å². The van der Waals surface area contributed by atoms with Crippen LogP contribution in [0, 0.1) is 0 Å². The number of aryl methyl sites for hydroxylation is 1. The van der Waals surface area contributed by atoms with E-state index < -0.39 is 0 Å². The van der Waals surface area contributed by atoms with Crippen molar-refractivity contribution >= 4 is 0 Å². The molecule has 2 atom stereocenters. The minimum absolute atomic E-state index is 0.142. The zero-order valence-electron chi connectivity index (χ0n) is 20.4. The Hall–Kier alpha value is -3.42. The van der Waals surface area contributed by atoms with E-state index >= 15 is 0 Å². The fourth-order valence-electron chi connectivity index (χ4n) is 6.11. The van der Waals surface area contributed by atoms with Gasteiger partial charge in [-0.05, 0) is 80.3 Å². The van der Waals surface area contributed by atoms with E-state index in [0.29, 0.717) is 6.04 Å². The van der Waals surface area contributed by atoms with Gasteiger partial charge in [-0.1, -0.05) is 42.5 Å². The van der Waals surface area contributed by atoms with Crippen LogP contribution in [0.4, 0.5) is 0 Å². The molecule has 7 nitrogen and oxygen atoms in total. The van der Waals surface area contributed by atoms with Gasteiger partial charge in [-0.3, -0.25) is 0 Å². The number of H-pyrrole nitrogens is 1. The van der Waals surface area contributed by atoms with E-state index in [0.717, 1.165) is 91.5 Å². The van der Waals surface area contributed by atoms with E-state index in [-0.39, 0.29) is 6.04 Å². The number of benzene rings is 2. The van der Waals surface area contributed by atoms with Gasteiger partial charge < -0.3 is 20.8 Å². The lowest BCUT2D eigenvalue weighted by atomic mass is 9.95. The van der Waals surface area contributed by atoms with Crippen molar-refractivity contribution < 1.29 is 5.21 Å². The summed E-state index contributed by atoms with van der Waals surface area (Å²) in [5, 5.41) is 17.9. The second kappa shape index (κ2) is 8.91. The second-order valence-electron chi connectivity index (χ2n) is 10.4. The van der Waals surface area contributed by atoms with Crippen LogP contribution >= 0.6 is 0 Å². The first-order chi connectivity index (χ1) is 17.7. The Balaban J connectivity index is 1.17. The largest absolute Gasteiger partial charge is 0.427 e. The van der Waals surface area contributed by atoms with E-state index in [4.69, 9.17) is 4.98 Å². The number of imidazole rings is 2. The lowest BCUT2D eigenvalue weighted by Crippen LogP contribution is -2.18. The maximum absolute atomic E-state index is 10.9. The van der Waals surface area contributed by atoms with Gasteiger partial charge in [0.1, 0.15) is 5.82 Å². The van der Waals surface area contributed by atoms with Crippen molar-refractivity contribution in [2.75, 3.05) is 13.1 Å². The number of aromatic nitrogens is 4. The molecule has 2 aromatic carbocycles. The van der Waals surface area contributed by atoms with Crippen LogP contribution in [0.1, 0.15) is 67.1 Å². The van der Waals surface area contributed by atoms with Crippen LogP contribution in [0.2, 0.25) is 0 Å². The molecule has 0 spiro atoms. The number of rotatable bonds is 4. The molecule has 1 aliphatic carbocycles. The van der Waals surface area contributed by atoms with E-state index in [1.54, 1.807) is 0 Å². The van der Waals surface area contributed by atoms with Crippen LogP contribution in [-0.2, 0) is 12.8 Å². The minimum atomic E-state index is 0.142. The first kappa shape index (κ1) is 21.8. The molecule has 7 heteroatoms. The molecular formula is C29H32N6O. The fraction of sp³-hybridized carbons (Fsp3) is 0.379. The molecule has 2 aromatic heterocycles. The Morgan fingerprint density at radius 1 is 0.833 bits per heavy atom. The van der Waals surface area contributed by atoms with Gasteiger partial charge in [-0.25, -0.2) is 9.97 Å². The lowest BCUT2D eigenvalue weighted by Gasteiger charge is -2.10. The molecule has 4 N–H and O–H groups in total. The highest BCUT2D eigenvalue weighted by molar-refractivity contribution is 5.75. The molecule has 2 saturated heterocycles. The van der Waals surface area contributed by atoms with Gasteiger partial charge in [0.25, 0.3) is 0 Å². The SMILES string of the molecule is On1c(C2CCCN2)nc2c1CCCc1cc(-c3ccc(-c4cnc(C5CCCN5)[nH]4)cc3)ccc1-2. The predicted octanol–water partition coefficient (Wildman–Crippen LogP) is 5.18. The van der Waals surface area contributed by atoms with Crippen molar-refractivity contribution in [2.45, 2.75) is 57.0 Å². The third-order valence-corrected chi connectivity index (χ3v) is 8.08. The molecule has 4 heterocycles. The molecule has 0 amide bonds. The fourth-order valence-corrected chi connectivity index (χ4v) is 6.11. The Bertz CT molecular complexity index is 1390. The van der Waals surface area contributed by atoms with Crippen molar-refractivity contribution in [3.05, 3.63) is 71.6 Å². The number of nitrogens with zero attached hydrogens (tertiary/aromatic N) is 3. The smallest absolute Gasteiger partial charge is 0.162 e. The van der Waals surface area contributed by atoms with Gasteiger partial charge in [0, 0.05) is 5.56 Å². The van der Waals surface area contributed by atoms with Gasteiger partial charge in [0.15, 0.2) is 5.82 Å². The van der Waals surface area contributed by atoms with Crippen molar-refractivity contribution in [3.63, 3.8) is 0 Å². The van der Waals surface area contributed by atoms with E-state index in [2.05, 4.69) is 63.1 Å². The average molecular weight is 481 g/mol. The number of fused-ring (bicyclic) bond motifs is 3. The van der Waals surface area contributed by atoms with Gasteiger partial charge >= 0.3 is 0 Å². The molecule has 2 aliphatic heterocycles. The highest BCUT2D eigenvalue weighted by Crippen LogP contribution is 2.37. The summed E-state index contributed by atoms with van der Waals surface area (Å²) >= 11 is 0. The number of nitrogens with one attached hydrogen (secondary N) is 3. The summed E-state index contributed by atoms with van der Waals surface area (Å²) < 4.78 is 1.36. The zero-order chi connectivity index (χ0) is 24.1. The summed E-state index contributed by atoms with van der Waals surface area (Å²) in [6.07, 6.45) is 9.27. The monoisotopic (exact) mass is 480 g/mol. The zero-order valence-corrected chi connectivity index (χ0v) is 20.4. The molecule has 0 saturated carbocycles. The van der Waals surface area contributed by atoms with Gasteiger partial charge in [-0.2, -0.15) is 4.73 Å². The molecule has 2 unspecified atom stereocenters. The second-order valence-corrected chi connectivity index (χ2v) is 10.4. The number of aromatic amines is 1. The average Bonchev–Trinajstić information content (AvgIpc) is 3.71. The molecule has 2 fully saturated rings. The topological polar surface area (TPSA) is 90.8 Å². The van der Waals surface area contributed by atoms with Gasteiger partial charge in [-0.15, -0.1) is 0 Å². The molecule has 4 aromatic rings. The Morgan fingerprint density at radius 2 is 1.58 bits per heavy atom. The summed E-state index contributed by atoms with van der Waals surface area (Å²) in [6, 6.07) is 15.9. The molecule has 3 aliphatic rings. The highest BCUT2D eigenvalue weighted by Gasteiger charge is 2.28. The lowest BCUT2D eigenvalue weighted by molar-refractivity contribution is 0.160. The van der Waals surface area contributed by atoms with Crippen LogP contribution in [0.3, 0.4) is 0 Å². The summed E-state index contributed by atoms with van der Waals surface area (Å²) in [6.45, 7) is 2.05. The van der Waals surface area contributed by atoms with Crippen LogP contribution in [0.25, 0.3) is 33.6 Å². The molecule has 0 radical (unpaired) electrons. The molecule has 0 bridgehead atoms. The first-order valence-electron chi connectivity index (χ1n) is 13.3. The number of hydrogen-bond donors (Lipinski definition) is 4. The van der Waals surface area contributed by atoms with Gasteiger partial charge in [0.05, 0.1) is 35.4 Å². The van der Waals surface area contributed by atoms with E-state index in [9.17, 15) is 5.21 Å². The minimum Gasteiger partial charge on any atom is -0.427 e. The third kappa shape index (κ3) is 3.74.